The smallest absolute Gasteiger partial charge is 0.296 e. The minimum Gasteiger partial charge on any atom is -0.501 e. The van der Waals surface area contributed by atoms with Crippen LogP contribution in [0, 0.1) is 5.82 Å². The quantitative estimate of drug-likeness (QED) is 0.789. The number of carbonyl (C=O) groups excluding carboxylic acids is 2. The fourth-order valence-corrected chi connectivity index (χ4v) is 4.18. The van der Waals surface area contributed by atoms with Gasteiger partial charge in [-0.25, -0.2) is 9.37 Å². The van der Waals surface area contributed by atoms with Crippen LogP contribution in [0.4, 0.5) is 4.39 Å². The molecular weight excluding hydrogens is 387 g/mol. The highest BCUT2D eigenvalue weighted by Crippen LogP contribution is 2.36. The number of benzene rings is 1. The molecule has 0 radical (unpaired) electrons. The second kappa shape index (κ2) is 8.01. The van der Waals surface area contributed by atoms with Crippen molar-refractivity contribution in [2.75, 3.05) is 12.3 Å². The summed E-state index contributed by atoms with van der Waals surface area (Å²) in [5.74, 6) is -1.17. The van der Waals surface area contributed by atoms with E-state index in [9.17, 15) is 23.9 Å². The van der Waals surface area contributed by atoms with E-state index in [0.717, 1.165) is 4.57 Å². The van der Waals surface area contributed by atoms with Gasteiger partial charge in [0.2, 0.25) is 11.7 Å². The normalized spacial score (nSPS) is 16.2. The van der Waals surface area contributed by atoms with E-state index in [2.05, 4.69) is 10.3 Å². The average Bonchev–Trinajstić information content (AvgIpc) is 3.15. The van der Waals surface area contributed by atoms with Crippen molar-refractivity contribution in [1.29, 1.82) is 0 Å². The van der Waals surface area contributed by atoms with Crippen LogP contribution in [0.5, 0.6) is 5.75 Å². The molecule has 148 valence electrons. The second-order valence-electron chi connectivity index (χ2n) is 6.28. The highest BCUT2D eigenvalue weighted by molar-refractivity contribution is 7.99. The molecule has 2 aromatic rings. The van der Waals surface area contributed by atoms with Crippen LogP contribution in [0.3, 0.4) is 0 Å². The number of rotatable bonds is 4. The Balaban J connectivity index is 1.89. The highest BCUT2D eigenvalue weighted by Gasteiger charge is 2.33. The molecular formula is C18H19FN4O4S. The van der Waals surface area contributed by atoms with Gasteiger partial charge in [-0.05, 0) is 17.7 Å². The molecule has 1 aromatic carbocycles. The summed E-state index contributed by atoms with van der Waals surface area (Å²) < 4.78 is 14.1. The molecule has 10 heteroatoms. The second-order valence-corrected chi connectivity index (χ2v) is 7.46. The molecule has 0 bridgehead atoms. The lowest BCUT2D eigenvalue weighted by molar-refractivity contribution is -0.129. The van der Waals surface area contributed by atoms with Crippen molar-refractivity contribution in [3.63, 3.8) is 0 Å². The molecule has 8 nitrogen and oxygen atoms in total. The van der Waals surface area contributed by atoms with E-state index in [0.29, 0.717) is 17.9 Å². The van der Waals surface area contributed by atoms with Crippen molar-refractivity contribution in [3.8, 4) is 5.75 Å². The predicted molar refractivity (Wildman–Crippen MR) is 101 cm³/mol. The molecule has 0 saturated carbocycles. The Morgan fingerprint density at radius 2 is 2.04 bits per heavy atom. The first-order valence-corrected chi connectivity index (χ1v) is 9.55. The van der Waals surface area contributed by atoms with Crippen LogP contribution in [0.15, 0.2) is 29.1 Å². The minimum atomic E-state index is -0.770. The number of nitrogens with zero attached hydrogens (tertiary/aromatic N) is 3. The van der Waals surface area contributed by atoms with E-state index >= 15 is 0 Å². The SMILES string of the molecule is CC(=O)N1CCSC1c1nc(C(=O)NCc2ccc(F)cc2)c(O)c(=O)n1C. The number of aromatic hydroxyl groups is 1. The van der Waals surface area contributed by atoms with Crippen molar-refractivity contribution in [2.24, 2.45) is 7.05 Å². The molecule has 1 atom stereocenters. The van der Waals surface area contributed by atoms with Crippen molar-refractivity contribution in [2.45, 2.75) is 18.8 Å². The Kier molecular flexibility index (Phi) is 5.68. The summed E-state index contributed by atoms with van der Waals surface area (Å²) in [5.41, 5.74) is -0.531. The maximum Gasteiger partial charge on any atom is 0.296 e. The molecule has 0 aliphatic carbocycles. The molecule has 1 fully saturated rings. The highest BCUT2D eigenvalue weighted by atomic mass is 32.2. The number of hydrogen-bond acceptors (Lipinski definition) is 6. The largest absolute Gasteiger partial charge is 0.501 e. The van der Waals surface area contributed by atoms with Crippen molar-refractivity contribution in [1.82, 2.24) is 19.8 Å². The van der Waals surface area contributed by atoms with Crippen LogP contribution in [-0.4, -0.2) is 43.7 Å². The number of halogens is 1. The summed E-state index contributed by atoms with van der Waals surface area (Å²) in [6.45, 7) is 2.00. The number of hydrogen-bond donors (Lipinski definition) is 2. The molecule has 1 aromatic heterocycles. The monoisotopic (exact) mass is 406 g/mol. The molecule has 3 rings (SSSR count). The van der Waals surface area contributed by atoms with Crippen molar-refractivity contribution in [3.05, 3.63) is 57.5 Å². The van der Waals surface area contributed by atoms with Gasteiger partial charge in [-0.3, -0.25) is 19.0 Å². The average molecular weight is 406 g/mol. The first kappa shape index (κ1) is 19.9. The third kappa shape index (κ3) is 3.86. The number of amides is 2. The van der Waals surface area contributed by atoms with Crippen LogP contribution < -0.4 is 10.9 Å². The molecule has 28 heavy (non-hydrogen) atoms. The topological polar surface area (TPSA) is 105 Å². The number of aromatic nitrogens is 2. The van der Waals surface area contributed by atoms with Gasteiger partial charge in [-0.1, -0.05) is 12.1 Å². The van der Waals surface area contributed by atoms with Crippen LogP contribution in [-0.2, 0) is 18.4 Å². The molecule has 1 saturated heterocycles. The Labute approximate surface area is 164 Å². The lowest BCUT2D eigenvalue weighted by atomic mass is 10.2. The van der Waals surface area contributed by atoms with E-state index in [1.165, 1.54) is 50.0 Å². The molecule has 1 unspecified atom stereocenters. The van der Waals surface area contributed by atoms with Crippen LogP contribution in [0.1, 0.15) is 34.2 Å². The first-order chi connectivity index (χ1) is 13.3. The van der Waals surface area contributed by atoms with Gasteiger partial charge in [0.15, 0.2) is 5.69 Å². The van der Waals surface area contributed by atoms with Gasteiger partial charge in [0.1, 0.15) is 17.0 Å². The molecule has 0 spiro atoms. The maximum atomic E-state index is 13.0. The Morgan fingerprint density at radius 1 is 1.36 bits per heavy atom. The summed E-state index contributed by atoms with van der Waals surface area (Å²) in [7, 11) is 1.43. The minimum absolute atomic E-state index is 0.0720. The summed E-state index contributed by atoms with van der Waals surface area (Å²) in [6.07, 6.45) is 0. The third-order valence-electron chi connectivity index (χ3n) is 4.40. The van der Waals surface area contributed by atoms with Crippen LogP contribution >= 0.6 is 11.8 Å². The Hall–Kier alpha value is -2.88. The van der Waals surface area contributed by atoms with Crippen LogP contribution in [0.2, 0.25) is 0 Å². The van der Waals surface area contributed by atoms with Gasteiger partial charge in [-0.2, -0.15) is 0 Å². The van der Waals surface area contributed by atoms with Crippen molar-refractivity contribution < 1.29 is 19.1 Å². The number of thioether (sulfide) groups is 1. The summed E-state index contributed by atoms with van der Waals surface area (Å²) in [6, 6.07) is 5.55. The summed E-state index contributed by atoms with van der Waals surface area (Å²) in [4.78, 5) is 42.5. The van der Waals surface area contributed by atoms with E-state index in [1.807, 2.05) is 0 Å². The van der Waals surface area contributed by atoms with Gasteiger partial charge in [0.25, 0.3) is 11.5 Å². The van der Waals surface area contributed by atoms with E-state index in [1.54, 1.807) is 4.90 Å². The van der Waals surface area contributed by atoms with Gasteiger partial charge in [0.05, 0.1) is 0 Å². The van der Waals surface area contributed by atoms with Gasteiger partial charge >= 0.3 is 0 Å². The Morgan fingerprint density at radius 3 is 2.68 bits per heavy atom. The van der Waals surface area contributed by atoms with Crippen molar-refractivity contribution >= 4 is 23.6 Å². The van der Waals surface area contributed by atoms with E-state index < -0.39 is 34.1 Å². The lowest BCUT2D eigenvalue weighted by Crippen LogP contribution is -2.35. The van der Waals surface area contributed by atoms with Gasteiger partial charge in [0, 0.05) is 32.8 Å². The molecule has 1 aliphatic rings. The number of carbonyl (C=O) groups is 2. The summed E-state index contributed by atoms with van der Waals surface area (Å²) in [5, 5.41) is 12.2. The lowest BCUT2D eigenvalue weighted by Gasteiger charge is -2.23. The Bertz CT molecular complexity index is 977. The molecule has 1 aliphatic heterocycles. The standard InChI is InChI=1S/C18H19FN4O4S/c1-10(24)23-7-8-28-18(23)15-21-13(14(25)17(27)22(15)2)16(26)20-9-11-3-5-12(19)6-4-11/h3-6,18,25H,7-9H2,1-2H3,(H,20,26). The van der Waals surface area contributed by atoms with E-state index in [4.69, 9.17) is 0 Å². The van der Waals surface area contributed by atoms with Crippen LogP contribution in [0.25, 0.3) is 0 Å². The predicted octanol–water partition coefficient (Wildman–Crippen LogP) is 1.15. The fourth-order valence-electron chi connectivity index (χ4n) is 2.86. The zero-order valence-electron chi connectivity index (χ0n) is 15.3. The van der Waals surface area contributed by atoms with Gasteiger partial charge < -0.3 is 15.3 Å². The molecule has 2 amide bonds. The first-order valence-electron chi connectivity index (χ1n) is 8.51. The fraction of sp³-hybridized carbons (Fsp3) is 0.333. The van der Waals surface area contributed by atoms with Gasteiger partial charge in [-0.15, -0.1) is 11.8 Å². The zero-order chi connectivity index (χ0) is 20.4. The zero-order valence-corrected chi connectivity index (χ0v) is 16.1. The molecule has 2 N–H and O–H groups in total. The number of nitrogens with one attached hydrogen (secondary N) is 1. The van der Waals surface area contributed by atoms with E-state index in [-0.39, 0.29) is 18.3 Å². The molecule has 2 heterocycles. The summed E-state index contributed by atoms with van der Waals surface area (Å²) >= 11 is 1.43. The third-order valence-corrected chi connectivity index (χ3v) is 5.60. The maximum absolute atomic E-state index is 13.0.